The van der Waals surface area contributed by atoms with Gasteiger partial charge in [0.05, 0.1) is 17.1 Å². The van der Waals surface area contributed by atoms with Crippen LogP contribution < -0.4 is 0 Å². The molecule has 0 unspecified atom stereocenters. The van der Waals surface area contributed by atoms with E-state index >= 15 is 0 Å². The molecule has 15 heavy (non-hydrogen) atoms. The van der Waals surface area contributed by atoms with Gasteiger partial charge in [0, 0.05) is 13.2 Å². The lowest BCUT2D eigenvalue weighted by molar-refractivity contribution is 0.0594. The lowest BCUT2D eigenvalue weighted by atomic mass is 10.3. The number of esters is 1. The predicted molar refractivity (Wildman–Crippen MR) is 59.8 cm³/mol. The molecular formula is C10H9BrN2O2. The van der Waals surface area contributed by atoms with Crippen LogP contribution in [0.5, 0.6) is 0 Å². The van der Waals surface area contributed by atoms with Gasteiger partial charge in [0.15, 0.2) is 0 Å². The van der Waals surface area contributed by atoms with E-state index in [1.807, 2.05) is 23.9 Å². The second kappa shape index (κ2) is 3.66. The van der Waals surface area contributed by atoms with Crippen LogP contribution in [0.2, 0.25) is 0 Å². The molecule has 5 heteroatoms. The van der Waals surface area contributed by atoms with Crippen molar-refractivity contribution in [3.63, 3.8) is 0 Å². The molecule has 0 amide bonds. The summed E-state index contributed by atoms with van der Waals surface area (Å²) in [5.74, 6) is -0.423. The molecule has 0 saturated carbocycles. The summed E-state index contributed by atoms with van der Waals surface area (Å²) in [4.78, 5) is 15.5. The minimum Gasteiger partial charge on any atom is -0.464 e. The standard InChI is InChI=1S/C10H9BrN2O2/c1-13-5-6(11)9-8(13)4-3-7(12-9)10(14)15-2/h3-5H,1-2H3. The van der Waals surface area contributed by atoms with E-state index < -0.39 is 5.97 Å². The van der Waals surface area contributed by atoms with Crippen molar-refractivity contribution in [2.45, 2.75) is 0 Å². The Morgan fingerprint density at radius 3 is 2.93 bits per heavy atom. The normalized spacial score (nSPS) is 10.6. The molecule has 4 nitrogen and oxygen atoms in total. The molecule has 2 aromatic rings. The van der Waals surface area contributed by atoms with Crippen molar-refractivity contribution in [1.82, 2.24) is 9.55 Å². The number of ether oxygens (including phenoxy) is 1. The molecule has 78 valence electrons. The maximum Gasteiger partial charge on any atom is 0.356 e. The maximum absolute atomic E-state index is 11.3. The van der Waals surface area contributed by atoms with E-state index in [0.717, 1.165) is 15.5 Å². The van der Waals surface area contributed by atoms with Crippen molar-refractivity contribution in [3.05, 3.63) is 28.5 Å². The highest BCUT2D eigenvalue weighted by molar-refractivity contribution is 9.10. The highest BCUT2D eigenvalue weighted by Gasteiger charge is 2.11. The van der Waals surface area contributed by atoms with Gasteiger partial charge in [-0.1, -0.05) is 0 Å². The number of carbonyl (C=O) groups excluding carboxylic acids is 1. The van der Waals surface area contributed by atoms with Crippen molar-refractivity contribution < 1.29 is 9.53 Å². The van der Waals surface area contributed by atoms with Gasteiger partial charge in [0.25, 0.3) is 0 Å². The van der Waals surface area contributed by atoms with Gasteiger partial charge in [-0.2, -0.15) is 0 Å². The second-order valence-corrected chi connectivity index (χ2v) is 4.00. The summed E-state index contributed by atoms with van der Waals surface area (Å²) in [6.45, 7) is 0. The number of rotatable bonds is 1. The third kappa shape index (κ3) is 1.63. The van der Waals surface area contributed by atoms with Crippen LogP contribution in [0.15, 0.2) is 22.8 Å². The monoisotopic (exact) mass is 268 g/mol. The molecule has 0 atom stereocenters. The van der Waals surface area contributed by atoms with E-state index in [4.69, 9.17) is 0 Å². The summed E-state index contributed by atoms with van der Waals surface area (Å²) in [6.07, 6.45) is 1.90. The number of carbonyl (C=O) groups is 1. The number of hydrogen-bond donors (Lipinski definition) is 0. The Bertz CT molecular complexity index is 533. The topological polar surface area (TPSA) is 44.1 Å². The third-order valence-corrected chi connectivity index (χ3v) is 2.76. The van der Waals surface area contributed by atoms with Crippen LogP contribution in [0.25, 0.3) is 11.0 Å². The lowest BCUT2D eigenvalue weighted by Crippen LogP contribution is -2.03. The van der Waals surface area contributed by atoms with Crippen LogP contribution in [0.1, 0.15) is 10.5 Å². The number of nitrogens with zero attached hydrogens (tertiary/aromatic N) is 2. The first-order valence-corrected chi connectivity index (χ1v) is 5.12. The minimum atomic E-state index is -0.423. The first-order valence-electron chi connectivity index (χ1n) is 4.33. The molecule has 0 N–H and O–H groups in total. The molecule has 0 spiro atoms. The molecule has 0 radical (unpaired) electrons. The molecule has 0 bridgehead atoms. The zero-order valence-electron chi connectivity index (χ0n) is 8.32. The molecule has 0 fully saturated rings. The fourth-order valence-corrected chi connectivity index (χ4v) is 2.03. The van der Waals surface area contributed by atoms with Crippen LogP contribution >= 0.6 is 15.9 Å². The summed E-state index contributed by atoms with van der Waals surface area (Å²) >= 11 is 3.39. The highest BCUT2D eigenvalue weighted by atomic mass is 79.9. The van der Waals surface area contributed by atoms with Crippen molar-refractivity contribution in [3.8, 4) is 0 Å². The smallest absolute Gasteiger partial charge is 0.356 e. The van der Waals surface area contributed by atoms with Gasteiger partial charge < -0.3 is 9.30 Å². The zero-order chi connectivity index (χ0) is 11.0. The summed E-state index contributed by atoms with van der Waals surface area (Å²) in [7, 11) is 3.26. The summed E-state index contributed by atoms with van der Waals surface area (Å²) in [5.41, 5.74) is 2.05. The molecule has 0 aliphatic rings. The first kappa shape index (κ1) is 10.2. The van der Waals surface area contributed by atoms with Gasteiger partial charge in [0.2, 0.25) is 0 Å². The molecule has 0 saturated heterocycles. The average Bonchev–Trinajstić information content (AvgIpc) is 2.53. The van der Waals surface area contributed by atoms with Crippen molar-refractivity contribution in [2.24, 2.45) is 7.05 Å². The van der Waals surface area contributed by atoms with Gasteiger partial charge in [0.1, 0.15) is 11.2 Å². The Kier molecular flexibility index (Phi) is 2.48. The Balaban J connectivity index is 2.65. The molecule has 0 aliphatic heterocycles. The van der Waals surface area contributed by atoms with Gasteiger partial charge in [-0.05, 0) is 28.1 Å². The van der Waals surface area contributed by atoms with Crippen molar-refractivity contribution >= 4 is 32.9 Å². The van der Waals surface area contributed by atoms with Crippen molar-refractivity contribution in [1.29, 1.82) is 0 Å². The third-order valence-electron chi connectivity index (χ3n) is 2.18. The SMILES string of the molecule is COC(=O)c1ccc2c(n1)c(Br)cn2C. The van der Waals surface area contributed by atoms with Crippen LogP contribution in [0.3, 0.4) is 0 Å². The van der Waals surface area contributed by atoms with E-state index in [1.54, 1.807) is 6.07 Å². The number of methoxy groups -OCH3 is 1. The number of aromatic nitrogens is 2. The predicted octanol–water partition coefficient (Wildman–Crippen LogP) is 2.12. The second-order valence-electron chi connectivity index (χ2n) is 3.14. The Labute approximate surface area is 95.0 Å². The molecule has 0 aliphatic carbocycles. The fourth-order valence-electron chi connectivity index (χ4n) is 1.43. The van der Waals surface area contributed by atoms with E-state index in [-0.39, 0.29) is 0 Å². The Hall–Kier alpha value is -1.36. The fraction of sp³-hybridized carbons (Fsp3) is 0.200. The van der Waals surface area contributed by atoms with E-state index in [0.29, 0.717) is 5.69 Å². The van der Waals surface area contributed by atoms with E-state index in [1.165, 1.54) is 7.11 Å². The summed E-state index contributed by atoms with van der Waals surface area (Å²) in [6, 6.07) is 3.50. The van der Waals surface area contributed by atoms with Gasteiger partial charge in [-0.15, -0.1) is 0 Å². The highest BCUT2D eigenvalue weighted by Crippen LogP contribution is 2.23. The molecule has 2 heterocycles. The Morgan fingerprint density at radius 2 is 2.27 bits per heavy atom. The van der Waals surface area contributed by atoms with Gasteiger partial charge in [-0.25, -0.2) is 9.78 Å². The van der Waals surface area contributed by atoms with Crippen LogP contribution in [-0.2, 0) is 11.8 Å². The summed E-state index contributed by atoms with van der Waals surface area (Å²) in [5, 5.41) is 0. The van der Waals surface area contributed by atoms with Gasteiger partial charge in [-0.3, -0.25) is 0 Å². The largest absolute Gasteiger partial charge is 0.464 e. The maximum atomic E-state index is 11.3. The number of aryl methyl sites for hydroxylation is 1. The zero-order valence-corrected chi connectivity index (χ0v) is 9.91. The quantitative estimate of drug-likeness (QED) is 0.745. The van der Waals surface area contributed by atoms with Gasteiger partial charge >= 0.3 is 5.97 Å². The molecule has 2 aromatic heterocycles. The average molecular weight is 269 g/mol. The number of hydrogen-bond acceptors (Lipinski definition) is 3. The van der Waals surface area contributed by atoms with Crippen LogP contribution in [0, 0.1) is 0 Å². The minimum absolute atomic E-state index is 0.317. The van der Waals surface area contributed by atoms with Crippen molar-refractivity contribution in [2.75, 3.05) is 7.11 Å². The van der Waals surface area contributed by atoms with Crippen LogP contribution in [0.4, 0.5) is 0 Å². The van der Waals surface area contributed by atoms with E-state index in [9.17, 15) is 4.79 Å². The lowest BCUT2D eigenvalue weighted by Gasteiger charge is -1.99. The molecule has 0 aromatic carbocycles. The molecule has 2 rings (SSSR count). The first-order chi connectivity index (χ1) is 7.13. The Morgan fingerprint density at radius 1 is 1.53 bits per heavy atom. The molecular weight excluding hydrogens is 260 g/mol. The number of pyridine rings is 1. The number of halogens is 1. The number of fused-ring (bicyclic) bond motifs is 1. The van der Waals surface area contributed by atoms with E-state index in [2.05, 4.69) is 25.7 Å². The van der Waals surface area contributed by atoms with Crippen LogP contribution in [-0.4, -0.2) is 22.6 Å². The summed E-state index contributed by atoms with van der Waals surface area (Å²) < 4.78 is 7.41.